The second kappa shape index (κ2) is 6.53. The molecule has 0 aliphatic heterocycles. The molecule has 0 spiro atoms. The van der Waals surface area contributed by atoms with Crippen LogP contribution in [0.4, 0.5) is 0 Å². The molecule has 1 aliphatic carbocycles. The average Bonchev–Trinajstić information content (AvgIpc) is 2.27. The van der Waals surface area contributed by atoms with Crippen molar-refractivity contribution in [2.24, 2.45) is 11.7 Å². The van der Waals surface area contributed by atoms with Crippen molar-refractivity contribution >= 4 is 5.97 Å². The lowest BCUT2D eigenvalue weighted by atomic mass is 9.84. The highest BCUT2D eigenvalue weighted by Gasteiger charge is 2.30. The number of hydrogen-bond donors (Lipinski definition) is 2. The molecule has 0 aromatic carbocycles. The van der Waals surface area contributed by atoms with E-state index >= 15 is 0 Å². The zero-order valence-corrected chi connectivity index (χ0v) is 11.8. The fraction of sp³-hybridized carbons (Fsp3) is 0.929. The Balaban J connectivity index is 2.39. The highest BCUT2D eigenvalue weighted by Crippen LogP contribution is 2.27. The number of esters is 1. The molecule has 106 valence electrons. The van der Waals surface area contributed by atoms with Crippen molar-refractivity contribution in [1.29, 1.82) is 0 Å². The van der Waals surface area contributed by atoms with Gasteiger partial charge in [0, 0.05) is 6.04 Å². The summed E-state index contributed by atoms with van der Waals surface area (Å²) in [4.78, 5) is 11.7. The third kappa shape index (κ3) is 5.36. The first-order valence-corrected chi connectivity index (χ1v) is 6.96. The van der Waals surface area contributed by atoms with Crippen molar-refractivity contribution in [2.75, 3.05) is 0 Å². The number of rotatable bonds is 4. The molecule has 0 aromatic heterocycles. The molecule has 0 amide bonds. The fourth-order valence-electron chi connectivity index (χ4n) is 2.47. The number of aliphatic hydroxyl groups excluding tert-OH is 1. The van der Waals surface area contributed by atoms with Crippen molar-refractivity contribution in [1.82, 2.24) is 0 Å². The van der Waals surface area contributed by atoms with E-state index in [4.69, 9.17) is 10.5 Å². The Morgan fingerprint density at radius 2 is 1.89 bits per heavy atom. The minimum absolute atomic E-state index is 0.511. The summed E-state index contributed by atoms with van der Waals surface area (Å²) in [5.74, 6) is -0.0587. The lowest BCUT2D eigenvalue weighted by molar-refractivity contribution is -0.166. The molecule has 1 aliphatic rings. The molecule has 2 atom stereocenters. The first kappa shape index (κ1) is 15.4. The van der Waals surface area contributed by atoms with Crippen LogP contribution in [0.2, 0.25) is 0 Å². The maximum Gasteiger partial charge on any atom is 0.337 e. The van der Waals surface area contributed by atoms with Crippen molar-refractivity contribution in [3.63, 3.8) is 0 Å². The Bertz CT molecular complexity index is 267. The molecule has 0 heterocycles. The van der Waals surface area contributed by atoms with Gasteiger partial charge in [-0.05, 0) is 33.1 Å². The van der Waals surface area contributed by atoms with Gasteiger partial charge in [-0.2, -0.15) is 0 Å². The van der Waals surface area contributed by atoms with Gasteiger partial charge in [0.15, 0.2) is 6.10 Å². The van der Waals surface area contributed by atoms with E-state index in [-0.39, 0.29) is 0 Å². The van der Waals surface area contributed by atoms with Crippen LogP contribution >= 0.6 is 0 Å². The van der Waals surface area contributed by atoms with Crippen LogP contribution in [0, 0.1) is 5.92 Å². The van der Waals surface area contributed by atoms with Gasteiger partial charge in [-0.1, -0.05) is 32.1 Å². The molecule has 4 heteroatoms. The summed E-state index contributed by atoms with van der Waals surface area (Å²) in [6.07, 6.45) is 5.59. The molecular weight excluding hydrogens is 230 g/mol. The first-order chi connectivity index (χ1) is 8.29. The van der Waals surface area contributed by atoms with Crippen molar-refractivity contribution in [2.45, 2.75) is 77.0 Å². The second-order valence-corrected chi connectivity index (χ2v) is 6.38. The summed E-state index contributed by atoms with van der Waals surface area (Å²) in [6.45, 7) is 5.35. The van der Waals surface area contributed by atoms with Crippen molar-refractivity contribution < 1.29 is 14.6 Å². The predicted molar refractivity (Wildman–Crippen MR) is 71.0 cm³/mol. The smallest absolute Gasteiger partial charge is 0.337 e. The zero-order chi connectivity index (χ0) is 13.8. The zero-order valence-electron chi connectivity index (χ0n) is 11.8. The van der Waals surface area contributed by atoms with Gasteiger partial charge in [-0.3, -0.25) is 0 Å². The standard InChI is InChI=1S/C14H27NO3/c1-14(2,3)18-13(17)12(16)11(15)9-10-7-5-4-6-8-10/h10-12,16H,4-9,15H2,1-3H3/t11-,12?/m0/s1. The first-order valence-electron chi connectivity index (χ1n) is 6.96. The lowest BCUT2D eigenvalue weighted by Gasteiger charge is -2.28. The Labute approximate surface area is 110 Å². The molecule has 0 aromatic rings. The number of aliphatic hydroxyl groups is 1. The molecule has 18 heavy (non-hydrogen) atoms. The van der Waals surface area contributed by atoms with E-state index < -0.39 is 23.7 Å². The highest BCUT2D eigenvalue weighted by atomic mass is 16.6. The largest absolute Gasteiger partial charge is 0.458 e. The maximum absolute atomic E-state index is 11.7. The fourth-order valence-corrected chi connectivity index (χ4v) is 2.47. The van der Waals surface area contributed by atoms with E-state index in [2.05, 4.69) is 0 Å². The number of carbonyl (C=O) groups is 1. The Hall–Kier alpha value is -0.610. The summed E-state index contributed by atoms with van der Waals surface area (Å²) in [6, 6.07) is -0.511. The van der Waals surface area contributed by atoms with Crippen LogP contribution in [0.5, 0.6) is 0 Å². The molecule has 0 saturated heterocycles. The van der Waals surface area contributed by atoms with Crippen LogP contribution in [-0.2, 0) is 9.53 Å². The Morgan fingerprint density at radius 1 is 1.33 bits per heavy atom. The van der Waals surface area contributed by atoms with Crippen molar-refractivity contribution in [3.05, 3.63) is 0 Å². The molecule has 1 rings (SSSR count). The number of nitrogens with two attached hydrogens (primary N) is 1. The third-order valence-electron chi connectivity index (χ3n) is 3.38. The average molecular weight is 257 g/mol. The molecule has 1 fully saturated rings. The van der Waals surface area contributed by atoms with Crippen LogP contribution in [0.3, 0.4) is 0 Å². The monoisotopic (exact) mass is 257 g/mol. The summed E-state index contributed by atoms with van der Waals surface area (Å²) in [5, 5.41) is 9.88. The van der Waals surface area contributed by atoms with E-state index in [0.717, 1.165) is 12.8 Å². The molecule has 0 radical (unpaired) electrons. The van der Waals surface area contributed by atoms with Gasteiger partial charge < -0.3 is 15.6 Å². The summed E-state index contributed by atoms with van der Waals surface area (Å²) in [5.41, 5.74) is 5.34. The normalized spacial score (nSPS) is 21.4. The number of ether oxygens (including phenoxy) is 1. The molecule has 0 bridgehead atoms. The maximum atomic E-state index is 11.7. The van der Waals surface area contributed by atoms with E-state index in [9.17, 15) is 9.90 Å². The van der Waals surface area contributed by atoms with Gasteiger partial charge in [-0.15, -0.1) is 0 Å². The van der Waals surface area contributed by atoms with E-state index in [1.807, 2.05) is 0 Å². The summed E-state index contributed by atoms with van der Waals surface area (Å²) in [7, 11) is 0. The van der Waals surface area contributed by atoms with Crippen LogP contribution in [0.15, 0.2) is 0 Å². The van der Waals surface area contributed by atoms with Crippen molar-refractivity contribution in [3.8, 4) is 0 Å². The van der Waals surface area contributed by atoms with Gasteiger partial charge in [0.2, 0.25) is 0 Å². The van der Waals surface area contributed by atoms with Gasteiger partial charge in [0.25, 0.3) is 0 Å². The lowest BCUT2D eigenvalue weighted by Crippen LogP contribution is -2.44. The van der Waals surface area contributed by atoms with Gasteiger partial charge in [-0.25, -0.2) is 4.79 Å². The van der Waals surface area contributed by atoms with Gasteiger partial charge >= 0.3 is 5.97 Å². The van der Waals surface area contributed by atoms with Crippen LogP contribution in [0.1, 0.15) is 59.3 Å². The van der Waals surface area contributed by atoms with E-state index in [1.165, 1.54) is 19.3 Å². The predicted octanol–water partition coefficient (Wildman–Crippen LogP) is 1.99. The SMILES string of the molecule is CC(C)(C)OC(=O)C(O)[C@@H](N)CC1CCCCC1. The minimum Gasteiger partial charge on any atom is -0.458 e. The Morgan fingerprint density at radius 3 is 2.39 bits per heavy atom. The molecule has 4 nitrogen and oxygen atoms in total. The molecule has 1 saturated carbocycles. The molecule has 3 N–H and O–H groups in total. The third-order valence-corrected chi connectivity index (χ3v) is 3.38. The summed E-state index contributed by atoms with van der Waals surface area (Å²) >= 11 is 0. The van der Waals surface area contributed by atoms with Crippen LogP contribution in [-0.4, -0.2) is 28.8 Å². The molecule has 1 unspecified atom stereocenters. The van der Waals surface area contributed by atoms with E-state index in [1.54, 1.807) is 20.8 Å². The topological polar surface area (TPSA) is 72.5 Å². The minimum atomic E-state index is -1.20. The van der Waals surface area contributed by atoms with Crippen LogP contribution < -0.4 is 5.73 Å². The second-order valence-electron chi connectivity index (χ2n) is 6.38. The highest BCUT2D eigenvalue weighted by molar-refractivity contribution is 5.75. The van der Waals surface area contributed by atoms with Gasteiger partial charge in [0.05, 0.1) is 0 Å². The number of carbonyl (C=O) groups excluding carboxylic acids is 1. The summed E-state index contributed by atoms with van der Waals surface area (Å²) < 4.78 is 5.14. The number of hydrogen-bond acceptors (Lipinski definition) is 4. The Kier molecular flexibility index (Phi) is 5.60. The van der Waals surface area contributed by atoms with Gasteiger partial charge in [0.1, 0.15) is 5.60 Å². The van der Waals surface area contributed by atoms with E-state index in [0.29, 0.717) is 12.3 Å². The quantitative estimate of drug-likeness (QED) is 0.755. The molecular formula is C14H27NO3. The van der Waals surface area contributed by atoms with Crippen LogP contribution in [0.25, 0.3) is 0 Å².